The van der Waals surface area contributed by atoms with E-state index in [1.807, 2.05) is 38.1 Å². The van der Waals surface area contributed by atoms with Crippen LogP contribution in [0.15, 0.2) is 30.3 Å². The molecule has 0 bridgehead atoms. The number of hydrogen-bond acceptors (Lipinski definition) is 2. The lowest BCUT2D eigenvalue weighted by Crippen LogP contribution is -2.12. The fourth-order valence-corrected chi connectivity index (χ4v) is 1.37. The van der Waals surface area contributed by atoms with Gasteiger partial charge in [0.15, 0.2) is 5.69 Å². The third-order valence-corrected chi connectivity index (χ3v) is 2.25. The van der Waals surface area contributed by atoms with Crippen LogP contribution in [0.25, 0.3) is 0 Å². The van der Waals surface area contributed by atoms with E-state index in [2.05, 4.69) is 15.5 Å². The molecule has 16 heavy (non-hydrogen) atoms. The van der Waals surface area contributed by atoms with Gasteiger partial charge in [-0.1, -0.05) is 17.7 Å². The van der Waals surface area contributed by atoms with Gasteiger partial charge in [-0.25, -0.2) is 0 Å². The summed E-state index contributed by atoms with van der Waals surface area (Å²) in [5.41, 5.74) is 3.21. The van der Waals surface area contributed by atoms with E-state index in [1.54, 1.807) is 6.07 Å². The molecule has 1 amide bonds. The summed E-state index contributed by atoms with van der Waals surface area (Å²) in [5, 5.41) is 9.40. The second-order valence-electron chi connectivity index (χ2n) is 3.76. The van der Waals surface area contributed by atoms with Gasteiger partial charge < -0.3 is 5.32 Å². The van der Waals surface area contributed by atoms with Gasteiger partial charge in [-0.2, -0.15) is 5.10 Å². The Hall–Kier alpha value is -2.10. The van der Waals surface area contributed by atoms with E-state index in [9.17, 15) is 4.79 Å². The molecule has 2 N–H and O–H groups in total. The molecule has 0 saturated carbocycles. The van der Waals surface area contributed by atoms with Crippen molar-refractivity contribution in [1.29, 1.82) is 0 Å². The van der Waals surface area contributed by atoms with Crippen molar-refractivity contribution in [3.8, 4) is 0 Å². The Morgan fingerprint density at radius 2 is 1.94 bits per heavy atom. The van der Waals surface area contributed by atoms with E-state index in [0.29, 0.717) is 5.69 Å². The van der Waals surface area contributed by atoms with Crippen LogP contribution in [0.1, 0.15) is 21.7 Å². The molecule has 0 aliphatic heterocycles. The second-order valence-corrected chi connectivity index (χ2v) is 3.76. The summed E-state index contributed by atoms with van der Waals surface area (Å²) in [6.45, 7) is 3.86. The van der Waals surface area contributed by atoms with E-state index in [1.165, 1.54) is 0 Å². The monoisotopic (exact) mass is 215 g/mol. The largest absolute Gasteiger partial charge is 0.321 e. The molecule has 82 valence electrons. The van der Waals surface area contributed by atoms with Crippen molar-refractivity contribution in [3.05, 3.63) is 47.3 Å². The van der Waals surface area contributed by atoms with Gasteiger partial charge >= 0.3 is 0 Å². The number of carbonyl (C=O) groups excluding carboxylic acids is 1. The first-order valence-corrected chi connectivity index (χ1v) is 5.05. The summed E-state index contributed by atoms with van der Waals surface area (Å²) in [6.07, 6.45) is 0. The molecule has 0 atom stereocenters. The topological polar surface area (TPSA) is 57.8 Å². The van der Waals surface area contributed by atoms with Crippen molar-refractivity contribution in [3.63, 3.8) is 0 Å². The van der Waals surface area contributed by atoms with Crippen LogP contribution in [0.4, 0.5) is 5.69 Å². The van der Waals surface area contributed by atoms with Crippen LogP contribution in [0, 0.1) is 13.8 Å². The molecule has 1 aromatic carbocycles. The number of benzene rings is 1. The number of aryl methyl sites for hydroxylation is 2. The minimum atomic E-state index is -0.201. The highest BCUT2D eigenvalue weighted by molar-refractivity contribution is 6.02. The third-order valence-electron chi connectivity index (χ3n) is 2.25. The first kappa shape index (κ1) is 10.4. The minimum Gasteiger partial charge on any atom is -0.321 e. The number of nitrogens with zero attached hydrogens (tertiary/aromatic N) is 1. The predicted molar refractivity (Wildman–Crippen MR) is 62.5 cm³/mol. The number of aromatic nitrogens is 2. The highest BCUT2D eigenvalue weighted by Crippen LogP contribution is 2.10. The summed E-state index contributed by atoms with van der Waals surface area (Å²) in [4.78, 5) is 11.7. The van der Waals surface area contributed by atoms with Gasteiger partial charge in [0.1, 0.15) is 0 Å². The average molecular weight is 215 g/mol. The Labute approximate surface area is 93.7 Å². The van der Waals surface area contributed by atoms with Crippen molar-refractivity contribution >= 4 is 11.6 Å². The standard InChI is InChI=1S/C12H13N3O/c1-8-3-5-10(6-4-8)13-12(16)11-7-9(2)14-15-11/h3-7H,1-2H3,(H,13,16)(H,14,15). The number of rotatable bonds is 2. The Morgan fingerprint density at radius 3 is 2.50 bits per heavy atom. The fourth-order valence-electron chi connectivity index (χ4n) is 1.37. The van der Waals surface area contributed by atoms with Gasteiger partial charge in [0, 0.05) is 11.4 Å². The van der Waals surface area contributed by atoms with Gasteiger partial charge in [-0.3, -0.25) is 9.89 Å². The predicted octanol–water partition coefficient (Wildman–Crippen LogP) is 2.28. The zero-order valence-corrected chi connectivity index (χ0v) is 9.24. The minimum absolute atomic E-state index is 0.201. The first-order chi connectivity index (χ1) is 7.65. The smallest absolute Gasteiger partial charge is 0.276 e. The quantitative estimate of drug-likeness (QED) is 0.807. The van der Waals surface area contributed by atoms with Crippen LogP contribution >= 0.6 is 0 Å². The lowest BCUT2D eigenvalue weighted by Gasteiger charge is -2.02. The maximum atomic E-state index is 11.7. The molecular weight excluding hydrogens is 202 g/mol. The lowest BCUT2D eigenvalue weighted by atomic mass is 10.2. The van der Waals surface area contributed by atoms with Gasteiger partial charge in [0.05, 0.1) is 0 Å². The van der Waals surface area contributed by atoms with E-state index in [0.717, 1.165) is 16.9 Å². The van der Waals surface area contributed by atoms with E-state index in [-0.39, 0.29) is 5.91 Å². The molecule has 1 heterocycles. The molecule has 0 unspecified atom stereocenters. The number of amides is 1. The lowest BCUT2D eigenvalue weighted by molar-refractivity contribution is 0.102. The van der Waals surface area contributed by atoms with Crippen LogP contribution in [0.5, 0.6) is 0 Å². The van der Waals surface area contributed by atoms with Crippen LogP contribution in [-0.4, -0.2) is 16.1 Å². The van der Waals surface area contributed by atoms with Crippen LogP contribution in [0.2, 0.25) is 0 Å². The Morgan fingerprint density at radius 1 is 1.25 bits per heavy atom. The molecule has 1 aromatic heterocycles. The zero-order valence-electron chi connectivity index (χ0n) is 9.24. The molecule has 4 nitrogen and oxygen atoms in total. The molecule has 4 heteroatoms. The number of carbonyl (C=O) groups is 1. The molecule has 0 aliphatic carbocycles. The second kappa shape index (κ2) is 4.18. The van der Waals surface area contributed by atoms with Crippen molar-refractivity contribution < 1.29 is 4.79 Å². The molecule has 0 fully saturated rings. The maximum Gasteiger partial charge on any atom is 0.276 e. The molecule has 0 aliphatic rings. The van der Waals surface area contributed by atoms with Crippen molar-refractivity contribution in [2.24, 2.45) is 0 Å². The maximum absolute atomic E-state index is 11.7. The van der Waals surface area contributed by atoms with Crippen LogP contribution < -0.4 is 5.32 Å². The highest BCUT2D eigenvalue weighted by atomic mass is 16.1. The van der Waals surface area contributed by atoms with E-state index >= 15 is 0 Å². The number of H-pyrrole nitrogens is 1. The number of anilines is 1. The average Bonchev–Trinajstić information content (AvgIpc) is 2.68. The summed E-state index contributed by atoms with van der Waals surface area (Å²) in [6, 6.07) is 9.35. The van der Waals surface area contributed by atoms with Gasteiger partial charge in [-0.05, 0) is 32.0 Å². The third kappa shape index (κ3) is 2.28. The number of aromatic amines is 1. The van der Waals surface area contributed by atoms with Crippen molar-refractivity contribution in [2.45, 2.75) is 13.8 Å². The van der Waals surface area contributed by atoms with Gasteiger partial charge in [0.25, 0.3) is 5.91 Å². The Kier molecular flexibility index (Phi) is 2.72. The summed E-state index contributed by atoms with van der Waals surface area (Å²) in [7, 11) is 0. The summed E-state index contributed by atoms with van der Waals surface area (Å²) >= 11 is 0. The number of hydrogen-bond donors (Lipinski definition) is 2. The van der Waals surface area contributed by atoms with E-state index in [4.69, 9.17) is 0 Å². The van der Waals surface area contributed by atoms with Gasteiger partial charge in [0.2, 0.25) is 0 Å². The van der Waals surface area contributed by atoms with Gasteiger partial charge in [-0.15, -0.1) is 0 Å². The van der Waals surface area contributed by atoms with Crippen LogP contribution in [-0.2, 0) is 0 Å². The molecule has 0 spiro atoms. The highest BCUT2D eigenvalue weighted by Gasteiger charge is 2.08. The molecular formula is C12H13N3O. The Balaban J connectivity index is 2.10. The molecule has 0 saturated heterocycles. The summed E-state index contributed by atoms with van der Waals surface area (Å²) < 4.78 is 0. The zero-order chi connectivity index (χ0) is 11.5. The van der Waals surface area contributed by atoms with Crippen molar-refractivity contribution in [2.75, 3.05) is 5.32 Å². The Bertz CT molecular complexity index is 499. The van der Waals surface area contributed by atoms with Crippen molar-refractivity contribution in [1.82, 2.24) is 10.2 Å². The SMILES string of the molecule is Cc1ccc(NC(=O)c2cc(C)[nH]n2)cc1. The molecule has 0 radical (unpaired) electrons. The molecule has 2 aromatic rings. The van der Waals surface area contributed by atoms with Crippen LogP contribution in [0.3, 0.4) is 0 Å². The van der Waals surface area contributed by atoms with E-state index < -0.39 is 0 Å². The summed E-state index contributed by atoms with van der Waals surface area (Å²) in [5.74, 6) is -0.201. The molecule has 2 rings (SSSR count). The first-order valence-electron chi connectivity index (χ1n) is 5.05. The number of nitrogens with one attached hydrogen (secondary N) is 2. The normalized spacial score (nSPS) is 10.1. The fraction of sp³-hybridized carbons (Fsp3) is 0.167.